The number of nitrogens with zero attached hydrogens (tertiary/aromatic N) is 1. The SMILES string of the molecule is C#CCn1c(=O)[nH]cc(N)c1=O. The van der Waals surface area contributed by atoms with E-state index in [9.17, 15) is 9.59 Å². The summed E-state index contributed by atoms with van der Waals surface area (Å²) in [5, 5.41) is 0. The summed E-state index contributed by atoms with van der Waals surface area (Å²) in [6, 6.07) is 0. The predicted molar refractivity (Wildman–Crippen MR) is 44.6 cm³/mol. The van der Waals surface area contributed by atoms with Gasteiger partial charge in [-0.05, 0) is 0 Å². The van der Waals surface area contributed by atoms with Gasteiger partial charge in [-0.25, -0.2) is 9.36 Å². The van der Waals surface area contributed by atoms with E-state index in [-0.39, 0.29) is 12.2 Å². The van der Waals surface area contributed by atoms with E-state index in [1.807, 2.05) is 0 Å². The molecule has 62 valence electrons. The van der Waals surface area contributed by atoms with Crippen LogP contribution >= 0.6 is 0 Å². The number of H-pyrrole nitrogens is 1. The summed E-state index contributed by atoms with van der Waals surface area (Å²) in [7, 11) is 0. The van der Waals surface area contributed by atoms with Gasteiger partial charge in [0.15, 0.2) is 0 Å². The summed E-state index contributed by atoms with van der Waals surface area (Å²) < 4.78 is 0.856. The van der Waals surface area contributed by atoms with Gasteiger partial charge in [0.05, 0.1) is 6.54 Å². The lowest BCUT2D eigenvalue weighted by atomic mass is 10.5. The van der Waals surface area contributed by atoms with Gasteiger partial charge in [-0.3, -0.25) is 4.79 Å². The second-order valence-electron chi connectivity index (χ2n) is 2.14. The van der Waals surface area contributed by atoms with E-state index in [0.717, 1.165) is 10.8 Å². The summed E-state index contributed by atoms with van der Waals surface area (Å²) in [5.41, 5.74) is 4.12. The zero-order valence-corrected chi connectivity index (χ0v) is 6.20. The molecule has 3 N–H and O–H groups in total. The van der Waals surface area contributed by atoms with Crippen LogP contribution in [0.25, 0.3) is 0 Å². The van der Waals surface area contributed by atoms with Crippen LogP contribution < -0.4 is 17.0 Å². The molecule has 0 aliphatic heterocycles. The minimum atomic E-state index is -0.559. The lowest BCUT2D eigenvalue weighted by Gasteiger charge is -1.98. The molecule has 1 aromatic rings. The molecule has 5 nitrogen and oxygen atoms in total. The topological polar surface area (TPSA) is 80.9 Å². The van der Waals surface area contributed by atoms with Gasteiger partial charge >= 0.3 is 5.69 Å². The highest BCUT2D eigenvalue weighted by molar-refractivity contribution is 5.30. The molecule has 0 saturated carbocycles. The van der Waals surface area contributed by atoms with Crippen LogP contribution in [0.5, 0.6) is 0 Å². The number of hydrogen-bond donors (Lipinski definition) is 2. The van der Waals surface area contributed by atoms with Crippen LogP contribution in [0, 0.1) is 12.3 Å². The third-order valence-electron chi connectivity index (χ3n) is 1.34. The van der Waals surface area contributed by atoms with Crippen molar-refractivity contribution in [3.8, 4) is 12.3 Å². The number of anilines is 1. The van der Waals surface area contributed by atoms with Crippen LogP contribution in [-0.2, 0) is 6.54 Å². The molecular formula is C7H7N3O2. The van der Waals surface area contributed by atoms with Crippen molar-refractivity contribution in [1.29, 1.82) is 0 Å². The van der Waals surface area contributed by atoms with Crippen LogP contribution in [-0.4, -0.2) is 9.55 Å². The number of aromatic nitrogens is 2. The van der Waals surface area contributed by atoms with Crippen molar-refractivity contribution < 1.29 is 0 Å². The third-order valence-corrected chi connectivity index (χ3v) is 1.34. The Morgan fingerprint density at radius 2 is 2.33 bits per heavy atom. The molecule has 0 fully saturated rings. The van der Waals surface area contributed by atoms with Gasteiger partial charge in [0.25, 0.3) is 5.56 Å². The second-order valence-corrected chi connectivity index (χ2v) is 2.14. The molecule has 1 aromatic heterocycles. The quantitative estimate of drug-likeness (QED) is 0.510. The van der Waals surface area contributed by atoms with Gasteiger partial charge in [0.1, 0.15) is 5.69 Å². The normalized spacial score (nSPS) is 9.25. The average molecular weight is 165 g/mol. The maximum atomic E-state index is 11.1. The number of nitrogens with two attached hydrogens (primary N) is 1. The molecule has 0 amide bonds. The lowest BCUT2D eigenvalue weighted by Crippen LogP contribution is -2.35. The number of hydrogen-bond acceptors (Lipinski definition) is 3. The zero-order valence-electron chi connectivity index (χ0n) is 6.20. The molecule has 0 spiro atoms. The smallest absolute Gasteiger partial charge is 0.329 e. The summed E-state index contributed by atoms with van der Waals surface area (Å²) in [5.74, 6) is 2.18. The van der Waals surface area contributed by atoms with Crippen LogP contribution in [0.2, 0.25) is 0 Å². The predicted octanol–water partition coefficient (Wildman–Crippen LogP) is -1.25. The number of aromatic amines is 1. The van der Waals surface area contributed by atoms with Crippen molar-refractivity contribution in [3.63, 3.8) is 0 Å². The highest BCUT2D eigenvalue weighted by atomic mass is 16.2. The van der Waals surface area contributed by atoms with E-state index < -0.39 is 11.2 Å². The van der Waals surface area contributed by atoms with Crippen molar-refractivity contribution in [1.82, 2.24) is 9.55 Å². The van der Waals surface area contributed by atoms with Gasteiger partial charge < -0.3 is 10.7 Å². The Morgan fingerprint density at radius 3 is 2.92 bits per heavy atom. The Morgan fingerprint density at radius 1 is 1.67 bits per heavy atom. The molecule has 0 aliphatic rings. The third kappa shape index (κ3) is 1.22. The van der Waals surface area contributed by atoms with E-state index in [1.165, 1.54) is 0 Å². The first-order valence-corrected chi connectivity index (χ1v) is 3.18. The van der Waals surface area contributed by atoms with Crippen molar-refractivity contribution in [2.45, 2.75) is 6.54 Å². The van der Waals surface area contributed by atoms with Crippen LogP contribution in [0.1, 0.15) is 0 Å². The van der Waals surface area contributed by atoms with Crippen LogP contribution in [0.3, 0.4) is 0 Å². The van der Waals surface area contributed by atoms with Crippen molar-refractivity contribution in [2.24, 2.45) is 0 Å². The Balaban J connectivity index is 3.46. The highest BCUT2D eigenvalue weighted by Crippen LogP contribution is 1.82. The van der Waals surface area contributed by atoms with E-state index in [4.69, 9.17) is 12.2 Å². The van der Waals surface area contributed by atoms with E-state index in [0.29, 0.717) is 0 Å². The molecule has 5 heteroatoms. The van der Waals surface area contributed by atoms with Gasteiger partial charge in [0.2, 0.25) is 0 Å². The Bertz CT molecular complexity index is 435. The summed E-state index contributed by atoms with van der Waals surface area (Å²) in [4.78, 5) is 24.3. The van der Waals surface area contributed by atoms with E-state index >= 15 is 0 Å². The Kier molecular flexibility index (Phi) is 2.01. The molecule has 1 rings (SSSR count). The lowest BCUT2D eigenvalue weighted by molar-refractivity contribution is 0.730. The zero-order chi connectivity index (χ0) is 9.14. The van der Waals surface area contributed by atoms with Crippen LogP contribution in [0.15, 0.2) is 15.8 Å². The molecule has 0 saturated heterocycles. The number of nitrogen functional groups attached to an aromatic ring is 1. The molecule has 0 bridgehead atoms. The molecule has 0 radical (unpaired) electrons. The van der Waals surface area contributed by atoms with Crippen LogP contribution in [0.4, 0.5) is 5.69 Å². The maximum absolute atomic E-state index is 11.1. The molecule has 0 atom stereocenters. The molecule has 0 aliphatic carbocycles. The fourth-order valence-electron chi connectivity index (χ4n) is 0.762. The first kappa shape index (κ1) is 8.14. The standard InChI is InChI=1S/C7H7N3O2/c1-2-3-10-6(11)5(8)4-9-7(10)12/h1,4H,3,8H2,(H,9,12). The van der Waals surface area contributed by atoms with Crippen molar-refractivity contribution >= 4 is 5.69 Å². The Labute approximate surface area is 67.8 Å². The molecule has 0 unspecified atom stereocenters. The van der Waals surface area contributed by atoms with Crippen molar-refractivity contribution in [2.75, 3.05) is 5.73 Å². The van der Waals surface area contributed by atoms with Gasteiger partial charge in [-0.1, -0.05) is 5.92 Å². The van der Waals surface area contributed by atoms with Gasteiger partial charge in [-0.2, -0.15) is 0 Å². The summed E-state index contributed by atoms with van der Waals surface area (Å²) >= 11 is 0. The fraction of sp³-hybridized carbons (Fsp3) is 0.143. The first-order valence-electron chi connectivity index (χ1n) is 3.18. The number of nitrogens with one attached hydrogen (secondary N) is 1. The number of rotatable bonds is 1. The minimum absolute atomic E-state index is 0.0233. The first-order chi connectivity index (χ1) is 5.66. The molecular weight excluding hydrogens is 158 g/mol. The molecule has 1 heterocycles. The van der Waals surface area contributed by atoms with Crippen molar-refractivity contribution in [3.05, 3.63) is 27.0 Å². The van der Waals surface area contributed by atoms with E-state index in [1.54, 1.807) is 0 Å². The highest BCUT2D eigenvalue weighted by Gasteiger charge is 2.01. The minimum Gasteiger partial charge on any atom is -0.393 e. The molecule has 12 heavy (non-hydrogen) atoms. The number of terminal acetylenes is 1. The summed E-state index contributed by atoms with van der Waals surface area (Å²) in [6.45, 7) is -0.0702. The second kappa shape index (κ2) is 2.96. The Hall–Kier alpha value is -1.96. The van der Waals surface area contributed by atoms with Gasteiger partial charge in [0, 0.05) is 6.20 Å². The monoisotopic (exact) mass is 165 g/mol. The summed E-state index contributed by atoms with van der Waals surface area (Å²) in [6.07, 6.45) is 6.10. The maximum Gasteiger partial charge on any atom is 0.329 e. The fourth-order valence-corrected chi connectivity index (χ4v) is 0.762. The average Bonchev–Trinajstić information content (AvgIpc) is 2.06. The largest absolute Gasteiger partial charge is 0.393 e. The van der Waals surface area contributed by atoms with Gasteiger partial charge in [-0.15, -0.1) is 6.42 Å². The van der Waals surface area contributed by atoms with E-state index in [2.05, 4.69) is 10.9 Å². The molecule has 0 aromatic carbocycles.